The molecule has 0 radical (unpaired) electrons. The van der Waals surface area contributed by atoms with Crippen LogP contribution < -0.4 is 27.4 Å². The Morgan fingerprint density at radius 1 is 0.892 bits per heavy atom. The Morgan fingerprint density at radius 3 is 2.00 bits per heavy atom. The largest absolute Gasteiger partial charge is 0.508 e. The zero-order chi connectivity index (χ0) is 28.1. The van der Waals surface area contributed by atoms with E-state index in [4.69, 9.17) is 11.5 Å². The van der Waals surface area contributed by atoms with Crippen LogP contribution >= 0.6 is 0 Å². The molecule has 0 saturated heterocycles. The van der Waals surface area contributed by atoms with Gasteiger partial charge in [-0.2, -0.15) is 0 Å². The number of carboxylic acid groups (broad SMARTS) is 1. The minimum absolute atomic E-state index is 0.00676. The fourth-order valence-corrected chi connectivity index (χ4v) is 3.63. The molecular weight excluding hydrogens is 482 g/mol. The summed E-state index contributed by atoms with van der Waals surface area (Å²) in [6.07, 6.45) is 0.262. The van der Waals surface area contributed by atoms with E-state index in [0.29, 0.717) is 24.9 Å². The molecule has 12 heteroatoms. The van der Waals surface area contributed by atoms with Crippen molar-refractivity contribution >= 4 is 23.7 Å². The van der Waals surface area contributed by atoms with Crippen LogP contribution in [0, 0.1) is 5.92 Å². The Hall–Kier alpha value is -3.22. The van der Waals surface area contributed by atoms with Crippen molar-refractivity contribution < 1.29 is 34.5 Å². The lowest BCUT2D eigenvalue weighted by Crippen LogP contribution is -2.60. The third kappa shape index (κ3) is 11.6. The molecule has 0 heterocycles. The third-order valence-corrected chi connectivity index (χ3v) is 5.69. The highest BCUT2D eigenvalue weighted by Crippen LogP contribution is 2.11. The number of hydrogen-bond acceptors (Lipinski definition) is 8. The van der Waals surface area contributed by atoms with Gasteiger partial charge in [-0.25, -0.2) is 4.79 Å². The number of aliphatic hydroxyl groups is 1. The number of aliphatic carboxylic acids is 1. The standard InChI is InChI=1S/C25H41N5O7/c1-14(2)12-20(25(36)37)29-23(34)19(6-4-5-11-26)28-24(35)21(15(3)31)30-22(33)18(27)13-16-7-9-17(32)10-8-16/h7-10,14-15,18-21,31-32H,4-6,11-13,26-27H2,1-3H3,(H,28,35)(H,29,34)(H,30,33)(H,36,37). The van der Waals surface area contributed by atoms with Crippen molar-refractivity contribution in [1.29, 1.82) is 0 Å². The Balaban J connectivity index is 2.93. The van der Waals surface area contributed by atoms with Crippen LogP contribution in [0.15, 0.2) is 24.3 Å². The summed E-state index contributed by atoms with van der Waals surface area (Å²) in [5.74, 6) is -3.31. The third-order valence-electron chi connectivity index (χ3n) is 5.69. The molecule has 0 fully saturated rings. The van der Waals surface area contributed by atoms with Crippen molar-refractivity contribution in [2.45, 2.75) is 83.1 Å². The number of benzene rings is 1. The second-order valence-electron chi connectivity index (χ2n) is 9.58. The van der Waals surface area contributed by atoms with Gasteiger partial charge >= 0.3 is 5.97 Å². The highest BCUT2D eigenvalue weighted by Gasteiger charge is 2.32. The van der Waals surface area contributed by atoms with E-state index in [1.807, 2.05) is 13.8 Å². The molecule has 0 saturated carbocycles. The van der Waals surface area contributed by atoms with Crippen LogP contribution in [-0.2, 0) is 25.6 Å². The number of carbonyl (C=O) groups is 4. The number of amides is 3. The number of hydrogen-bond donors (Lipinski definition) is 8. The fraction of sp³-hybridized carbons (Fsp3) is 0.600. The van der Waals surface area contributed by atoms with Crippen LogP contribution in [0.1, 0.15) is 52.0 Å². The van der Waals surface area contributed by atoms with E-state index in [1.165, 1.54) is 19.1 Å². The zero-order valence-electron chi connectivity index (χ0n) is 21.6. The monoisotopic (exact) mass is 523 g/mol. The Labute approximate surface area is 217 Å². The van der Waals surface area contributed by atoms with Crippen LogP contribution in [0.25, 0.3) is 0 Å². The molecule has 5 unspecified atom stereocenters. The van der Waals surface area contributed by atoms with Crippen LogP contribution in [0.2, 0.25) is 0 Å². The summed E-state index contributed by atoms with van der Waals surface area (Å²) in [5, 5.41) is 36.4. The molecule has 0 bridgehead atoms. The molecule has 0 aliphatic carbocycles. The van der Waals surface area contributed by atoms with Gasteiger partial charge < -0.3 is 42.7 Å². The summed E-state index contributed by atoms with van der Waals surface area (Å²) < 4.78 is 0. The smallest absolute Gasteiger partial charge is 0.326 e. The van der Waals surface area contributed by atoms with Gasteiger partial charge in [-0.3, -0.25) is 14.4 Å². The highest BCUT2D eigenvalue weighted by atomic mass is 16.4. The van der Waals surface area contributed by atoms with E-state index >= 15 is 0 Å². The van der Waals surface area contributed by atoms with Gasteiger partial charge in [0.1, 0.15) is 23.9 Å². The quantitative estimate of drug-likeness (QED) is 0.129. The number of phenolic OH excluding ortho intramolecular Hbond substituents is 1. The molecule has 1 aromatic carbocycles. The van der Waals surface area contributed by atoms with Gasteiger partial charge in [0.15, 0.2) is 0 Å². The van der Waals surface area contributed by atoms with Gasteiger partial charge in [-0.1, -0.05) is 26.0 Å². The lowest BCUT2D eigenvalue weighted by Gasteiger charge is -2.26. The van der Waals surface area contributed by atoms with Gasteiger partial charge in [-0.15, -0.1) is 0 Å². The number of rotatable bonds is 16. The molecule has 0 aliphatic rings. The zero-order valence-corrected chi connectivity index (χ0v) is 21.6. The summed E-state index contributed by atoms with van der Waals surface area (Å²) in [7, 11) is 0. The predicted octanol–water partition coefficient (Wildman–Crippen LogP) is -0.643. The maximum atomic E-state index is 13.0. The van der Waals surface area contributed by atoms with Crippen molar-refractivity contribution in [1.82, 2.24) is 16.0 Å². The number of aliphatic hydroxyl groups excluding tert-OH is 1. The molecule has 3 amide bonds. The molecule has 12 nitrogen and oxygen atoms in total. The lowest BCUT2D eigenvalue weighted by atomic mass is 10.0. The number of nitrogens with two attached hydrogens (primary N) is 2. The van der Waals surface area contributed by atoms with Crippen molar-refractivity contribution in [3.63, 3.8) is 0 Å². The maximum absolute atomic E-state index is 13.0. The van der Waals surface area contributed by atoms with E-state index < -0.39 is 54.0 Å². The first kappa shape index (κ1) is 31.8. The van der Waals surface area contributed by atoms with Gasteiger partial charge in [0.2, 0.25) is 17.7 Å². The molecule has 0 aromatic heterocycles. The van der Waals surface area contributed by atoms with Gasteiger partial charge in [0.25, 0.3) is 0 Å². The first-order valence-electron chi connectivity index (χ1n) is 12.4. The molecular formula is C25H41N5O7. The molecule has 208 valence electrons. The van der Waals surface area contributed by atoms with Gasteiger partial charge in [0, 0.05) is 0 Å². The van der Waals surface area contributed by atoms with Gasteiger partial charge in [0.05, 0.1) is 12.1 Å². The summed E-state index contributed by atoms with van der Waals surface area (Å²) >= 11 is 0. The van der Waals surface area contributed by atoms with E-state index in [1.54, 1.807) is 12.1 Å². The van der Waals surface area contributed by atoms with Crippen molar-refractivity contribution in [3.8, 4) is 5.75 Å². The lowest BCUT2D eigenvalue weighted by molar-refractivity contribution is -0.143. The Bertz CT molecular complexity index is 892. The predicted molar refractivity (Wildman–Crippen MR) is 137 cm³/mol. The summed E-state index contributed by atoms with van der Waals surface area (Å²) in [6.45, 7) is 5.33. The van der Waals surface area contributed by atoms with Crippen molar-refractivity contribution in [2.24, 2.45) is 17.4 Å². The number of carboxylic acids is 1. The van der Waals surface area contributed by atoms with Crippen molar-refractivity contribution in [3.05, 3.63) is 29.8 Å². The number of nitrogens with one attached hydrogen (secondary N) is 3. The molecule has 5 atom stereocenters. The maximum Gasteiger partial charge on any atom is 0.326 e. The number of carbonyl (C=O) groups excluding carboxylic acids is 3. The first-order chi connectivity index (χ1) is 17.3. The molecule has 1 rings (SSSR count). The number of unbranched alkanes of at least 4 members (excludes halogenated alkanes) is 1. The molecule has 37 heavy (non-hydrogen) atoms. The average Bonchev–Trinajstić information content (AvgIpc) is 2.81. The van der Waals surface area contributed by atoms with Crippen LogP contribution in [0.3, 0.4) is 0 Å². The number of phenols is 1. The summed E-state index contributed by atoms with van der Waals surface area (Å²) in [6, 6.07) is 1.44. The molecule has 10 N–H and O–H groups in total. The van der Waals surface area contributed by atoms with E-state index in [9.17, 15) is 34.5 Å². The van der Waals surface area contributed by atoms with E-state index in [-0.39, 0.29) is 30.9 Å². The van der Waals surface area contributed by atoms with Crippen LogP contribution in [0.4, 0.5) is 0 Å². The molecule has 1 aromatic rings. The topological polar surface area (TPSA) is 217 Å². The minimum atomic E-state index is -1.41. The first-order valence-corrected chi connectivity index (χ1v) is 12.4. The highest BCUT2D eigenvalue weighted by molar-refractivity contribution is 5.94. The fourth-order valence-electron chi connectivity index (χ4n) is 3.63. The van der Waals surface area contributed by atoms with E-state index in [2.05, 4.69) is 16.0 Å². The Kier molecular flexibility index (Phi) is 13.6. The van der Waals surface area contributed by atoms with Gasteiger partial charge in [-0.05, 0) is 69.2 Å². The van der Waals surface area contributed by atoms with Crippen LogP contribution in [0.5, 0.6) is 5.75 Å². The molecule has 0 spiro atoms. The van der Waals surface area contributed by atoms with Crippen LogP contribution in [-0.4, -0.2) is 75.8 Å². The van der Waals surface area contributed by atoms with Crippen molar-refractivity contribution in [2.75, 3.05) is 6.54 Å². The summed E-state index contributed by atoms with van der Waals surface area (Å²) in [4.78, 5) is 50.2. The second-order valence-corrected chi connectivity index (χ2v) is 9.58. The Morgan fingerprint density at radius 2 is 1.49 bits per heavy atom. The minimum Gasteiger partial charge on any atom is -0.508 e. The summed E-state index contributed by atoms with van der Waals surface area (Å²) in [5.41, 5.74) is 12.2. The average molecular weight is 524 g/mol. The second kappa shape index (κ2) is 15.8. The molecule has 0 aliphatic heterocycles. The normalized spacial score (nSPS) is 15.2. The SMILES string of the molecule is CC(C)CC(NC(=O)C(CCCCN)NC(=O)C(NC(=O)C(N)Cc1ccc(O)cc1)C(C)O)C(=O)O. The number of aromatic hydroxyl groups is 1. The van der Waals surface area contributed by atoms with E-state index in [0.717, 1.165) is 0 Å².